The minimum Gasteiger partial charge on any atom is -0.497 e. The fourth-order valence-electron chi connectivity index (χ4n) is 3.41. The fourth-order valence-corrected chi connectivity index (χ4v) is 3.64. The van der Waals surface area contributed by atoms with Crippen LogP contribution in [0.3, 0.4) is 0 Å². The van der Waals surface area contributed by atoms with Crippen molar-refractivity contribution in [3.05, 3.63) is 90.3 Å². The molecule has 8 nitrogen and oxygen atoms in total. The average Bonchev–Trinajstić information content (AvgIpc) is 3.39. The normalized spacial score (nSPS) is 12.2. The van der Waals surface area contributed by atoms with E-state index in [0.29, 0.717) is 16.6 Å². The molecule has 1 atom stereocenters. The van der Waals surface area contributed by atoms with Crippen molar-refractivity contribution in [2.45, 2.75) is 19.3 Å². The largest absolute Gasteiger partial charge is 0.573 e. The summed E-state index contributed by atoms with van der Waals surface area (Å²) in [6.45, 7) is 1.99. The number of hydrogen-bond donors (Lipinski definition) is 2. The first-order valence-electron chi connectivity index (χ1n) is 11.3. The number of rotatable bonds is 8. The number of alkyl halides is 3. The maximum atomic E-state index is 12.3. The van der Waals surface area contributed by atoms with Crippen LogP contribution in [0, 0.1) is 0 Å². The number of hydrazone groups is 1. The number of hydrogen-bond acceptors (Lipinski definition) is 6. The van der Waals surface area contributed by atoms with E-state index in [1.165, 1.54) is 35.3 Å². The number of aromatic nitrogens is 3. The van der Waals surface area contributed by atoms with Crippen LogP contribution in [0.15, 0.2) is 84.2 Å². The summed E-state index contributed by atoms with van der Waals surface area (Å²) in [7, 11) is 1.62. The van der Waals surface area contributed by atoms with Crippen LogP contribution in [0.2, 0.25) is 0 Å². The molecule has 0 bridgehead atoms. The molecule has 1 aromatic heterocycles. The van der Waals surface area contributed by atoms with Crippen LogP contribution in [-0.4, -0.2) is 39.6 Å². The number of nitrogens with zero attached hydrogens (tertiary/aromatic N) is 4. The summed E-state index contributed by atoms with van der Waals surface area (Å²) < 4.78 is 47.5. The third kappa shape index (κ3) is 7.29. The summed E-state index contributed by atoms with van der Waals surface area (Å²) in [6, 6.07) is 20.4. The molecule has 0 saturated heterocycles. The molecule has 0 amide bonds. The maximum absolute atomic E-state index is 12.3. The second-order valence-electron chi connectivity index (χ2n) is 8.01. The standard InChI is InChI=1S/C26H23F3N6O2S/c1-17(19-7-11-22(36-2)12-8-19)32-25(38)33-31-15-18-3-5-20(6-4-18)24-30-16-35(34-24)21-9-13-23(14-10-21)37-26(27,28)29/h3-17H,1-2H3,(H2,32,33,38). The van der Waals surface area contributed by atoms with Crippen molar-refractivity contribution in [2.24, 2.45) is 5.10 Å². The van der Waals surface area contributed by atoms with Gasteiger partial charge in [-0.05, 0) is 66.7 Å². The zero-order valence-electron chi connectivity index (χ0n) is 20.3. The SMILES string of the molecule is COc1ccc(C(C)NC(=S)NN=Cc2ccc(-c3ncn(-c4ccc(OC(F)(F)F)cc4)n3)cc2)cc1. The fraction of sp³-hybridized carbons (Fsp3) is 0.154. The predicted octanol–water partition coefficient (Wildman–Crippen LogP) is 5.40. The molecule has 0 radical (unpaired) electrons. The molecule has 0 aliphatic heterocycles. The molecule has 3 aromatic carbocycles. The van der Waals surface area contributed by atoms with Gasteiger partial charge in [-0.15, -0.1) is 18.3 Å². The number of nitrogens with one attached hydrogen (secondary N) is 2. The number of benzene rings is 3. The Labute approximate surface area is 222 Å². The van der Waals surface area contributed by atoms with Crippen LogP contribution in [-0.2, 0) is 0 Å². The molecule has 0 fully saturated rings. The predicted molar refractivity (Wildman–Crippen MR) is 141 cm³/mol. The molecule has 38 heavy (non-hydrogen) atoms. The minimum atomic E-state index is -4.74. The summed E-state index contributed by atoms with van der Waals surface area (Å²) in [5.41, 5.74) is 5.99. The third-order valence-corrected chi connectivity index (χ3v) is 5.55. The van der Waals surface area contributed by atoms with Crippen LogP contribution >= 0.6 is 12.2 Å². The maximum Gasteiger partial charge on any atom is 0.573 e. The van der Waals surface area contributed by atoms with Gasteiger partial charge in [0.1, 0.15) is 17.8 Å². The highest BCUT2D eigenvalue weighted by molar-refractivity contribution is 7.80. The van der Waals surface area contributed by atoms with Crippen LogP contribution in [0.25, 0.3) is 17.1 Å². The molecule has 196 valence electrons. The number of thiocarbonyl (C=S) groups is 1. The van der Waals surface area contributed by atoms with E-state index in [2.05, 4.69) is 30.7 Å². The minimum absolute atomic E-state index is 0.0196. The zero-order chi connectivity index (χ0) is 27.1. The Hall–Kier alpha value is -4.45. The molecule has 0 aliphatic rings. The lowest BCUT2D eigenvalue weighted by molar-refractivity contribution is -0.274. The van der Waals surface area contributed by atoms with Crippen molar-refractivity contribution >= 4 is 23.5 Å². The highest BCUT2D eigenvalue weighted by Gasteiger charge is 2.31. The summed E-state index contributed by atoms with van der Waals surface area (Å²) in [6.07, 6.45) is -1.63. The Morgan fingerprint density at radius 1 is 1.00 bits per heavy atom. The molecule has 1 unspecified atom stereocenters. The first-order chi connectivity index (χ1) is 18.2. The van der Waals surface area contributed by atoms with Gasteiger partial charge in [-0.25, -0.2) is 9.67 Å². The van der Waals surface area contributed by atoms with E-state index in [1.54, 1.807) is 13.3 Å². The van der Waals surface area contributed by atoms with Gasteiger partial charge in [0.2, 0.25) is 0 Å². The van der Waals surface area contributed by atoms with Crippen LogP contribution < -0.4 is 20.2 Å². The smallest absolute Gasteiger partial charge is 0.497 e. The van der Waals surface area contributed by atoms with E-state index in [1.807, 2.05) is 55.5 Å². The zero-order valence-corrected chi connectivity index (χ0v) is 21.1. The Kier molecular flexibility index (Phi) is 8.22. The average molecular weight is 541 g/mol. The number of methoxy groups -OCH3 is 1. The molecule has 0 spiro atoms. The molecule has 2 N–H and O–H groups in total. The van der Waals surface area contributed by atoms with Crippen LogP contribution in [0.4, 0.5) is 13.2 Å². The van der Waals surface area contributed by atoms with Gasteiger partial charge in [0.25, 0.3) is 0 Å². The second kappa shape index (κ2) is 11.7. The van der Waals surface area contributed by atoms with Crippen molar-refractivity contribution in [2.75, 3.05) is 7.11 Å². The summed E-state index contributed by atoms with van der Waals surface area (Å²) in [4.78, 5) is 4.28. The van der Waals surface area contributed by atoms with E-state index in [-0.39, 0.29) is 11.8 Å². The lowest BCUT2D eigenvalue weighted by Crippen LogP contribution is -2.34. The number of ether oxygens (including phenoxy) is 2. The Balaban J connectivity index is 1.31. The van der Waals surface area contributed by atoms with Crippen LogP contribution in [0.5, 0.6) is 11.5 Å². The first kappa shape index (κ1) is 26.6. The van der Waals surface area contributed by atoms with Gasteiger partial charge in [-0.1, -0.05) is 36.4 Å². The van der Waals surface area contributed by atoms with E-state index in [4.69, 9.17) is 17.0 Å². The highest BCUT2D eigenvalue weighted by Crippen LogP contribution is 2.24. The highest BCUT2D eigenvalue weighted by atomic mass is 32.1. The molecular formula is C26H23F3N6O2S. The summed E-state index contributed by atoms with van der Waals surface area (Å²) in [5.74, 6) is 0.936. The van der Waals surface area contributed by atoms with E-state index >= 15 is 0 Å². The molecule has 4 rings (SSSR count). The van der Waals surface area contributed by atoms with Gasteiger partial charge < -0.3 is 14.8 Å². The topological polar surface area (TPSA) is 85.6 Å². The van der Waals surface area contributed by atoms with E-state index < -0.39 is 6.36 Å². The van der Waals surface area contributed by atoms with Gasteiger partial charge in [0.15, 0.2) is 10.9 Å². The Bertz CT molecular complexity index is 1390. The van der Waals surface area contributed by atoms with Crippen molar-refractivity contribution in [1.29, 1.82) is 0 Å². The lowest BCUT2D eigenvalue weighted by atomic mass is 10.1. The van der Waals surface area contributed by atoms with E-state index in [9.17, 15) is 13.2 Å². The van der Waals surface area contributed by atoms with Crippen molar-refractivity contribution < 1.29 is 22.6 Å². The van der Waals surface area contributed by atoms with E-state index in [0.717, 1.165) is 22.4 Å². The van der Waals surface area contributed by atoms with Crippen molar-refractivity contribution in [1.82, 2.24) is 25.5 Å². The van der Waals surface area contributed by atoms with Crippen molar-refractivity contribution in [3.63, 3.8) is 0 Å². The number of halogens is 3. The van der Waals surface area contributed by atoms with Gasteiger partial charge in [-0.2, -0.15) is 5.10 Å². The van der Waals surface area contributed by atoms with Gasteiger partial charge >= 0.3 is 6.36 Å². The molecule has 0 aliphatic carbocycles. The third-order valence-electron chi connectivity index (χ3n) is 5.34. The van der Waals surface area contributed by atoms with Gasteiger partial charge in [0, 0.05) is 5.56 Å². The summed E-state index contributed by atoms with van der Waals surface area (Å²) >= 11 is 5.32. The first-order valence-corrected chi connectivity index (χ1v) is 11.7. The van der Waals surface area contributed by atoms with Crippen molar-refractivity contribution in [3.8, 4) is 28.6 Å². The van der Waals surface area contributed by atoms with Gasteiger partial charge in [0.05, 0.1) is 25.1 Å². The quantitative estimate of drug-likeness (QED) is 0.176. The monoisotopic (exact) mass is 540 g/mol. The Morgan fingerprint density at radius 3 is 2.29 bits per heavy atom. The molecule has 1 heterocycles. The molecule has 0 saturated carbocycles. The second-order valence-corrected chi connectivity index (χ2v) is 8.42. The Morgan fingerprint density at radius 2 is 1.66 bits per heavy atom. The molecule has 4 aromatic rings. The molecule has 12 heteroatoms. The van der Waals surface area contributed by atoms with Gasteiger partial charge in [-0.3, -0.25) is 5.43 Å². The molecular weight excluding hydrogens is 517 g/mol. The summed E-state index contributed by atoms with van der Waals surface area (Å²) in [5, 5.41) is 12.1. The lowest BCUT2D eigenvalue weighted by Gasteiger charge is -2.16. The van der Waals surface area contributed by atoms with Crippen LogP contribution in [0.1, 0.15) is 24.1 Å².